The number of nitrogens with one attached hydrogen (secondary N) is 2. The van der Waals surface area contributed by atoms with Gasteiger partial charge in [-0.15, -0.1) is 0 Å². The molecule has 1 aromatic rings. The highest BCUT2D eigenvalue weighted by atomic mass is 16.5. The SMILES string of the molecule is CCOC(=O)C1=C(COC(=O)C2CC2C)NC(=O)NC1c1ccc(C)o1. The second-order valence-corrected chi connectivity index (χ2v) is 6.52. The van der Waals surface area contributed by atoms with Crippen molar-refractivity contribution in [3.05, 3.63) is 34.9 Å². The first-order valence-electron chi connectivity index (χ1n) is 8.61. The van der Waals surface area contributed by atoms with Gasteiger partial charge in [0.05, 0.1) is 23.8 Å². The van der Waals surface area contributed by atoms with E-state index in [4.69, 9.17) is 13.9 Å². The molecule has 0 bridgehead atoms. The van der Waals surface area contributed by atoms with Gasteiger partial charge in [0, 0.05) is 0 Å². The quantitative estimate of drug-likeness (QED) is 0.749. The molecule has 1 saturated carbocycles. The van der Waals surface area contributed by atoms with E-state index in [1.54, 1.807) is 26.0 Å². The number of aryl methyl sites for hydroxylation is 1. The minimum absolute atomic E-state index is 0.109. The maximum atomic E-state index is 12.5. The predicted molar refractivity (Wildman–Crippen MR) is 89.7 cm³/mol. The van der Waals surface area contributed by atoms with Gasteiger partial charge in [0.25, 0.3) is 0 Å². The Bertz CT molecular complexity index is 765. The topological polar surface area (TPSA) is 107 Å². The van der Waals surface area contributed by atoms with Crippen molar-refractivity contribution in [3.8, 4) is 0 Å². The van der Waals surface area contributed by atoms with E-state index in [2.05, 4.69) is 10.6 Å². The van der Waals surface area contributed by atoms with Crippen LogP contribution in [0.5, 0.6) is 0 Å². The first kappa shape index (κ1) is 18.0. The van der Waals surface area contributed by atoms with Gasteiger partial charge in [-0.25, -0.2) is 9.59 Å². The Balaban J connectivity index is 1.88. The Kier molecular flexibility index (Phi) is 5.01. The molecule has 8 nitrogen and oxygen atoms in total. The summed E-state index contributed by atoms with van der Waals surface area (Å²) >= 11 is 0. The lowest BCUT2D eigenvalue weighted by atomic mass is 10.0. The van der Waals surface area contributed by atoms with Crippen LogP contribution in [0.15, 0.2) is 27.8 Å². The van der Waals surface area contributed by atoms with E-state index in [0.717, 1.165) is 6.42 Å². The summed E-state index contributed by atoms with van der Waals surface area (Å²) < 4.78 is 16.0. The molecule has 8 heteroatoms. The molecule has 2 aliphatic rings. The zero-order valence-corrected chi connectivity index (χ0v) is 15.0. The van der Waals surface area contributed by atoms with E-state index >= 15 is 0 Å². The number of carbonyl (C=O) groups is 3. The number of urea groups is 1. The Labute approximate surface area is 150 Å². The van der Waals surface area contributed by atoms with Gasteiger partial charge in [-0.1, -0.05) is 6.92 Å². The van der Waals surface area contributed by atoms with Gasteiger partial charge in [0.2, 0.25) is 0 Å². The van der Waals surface area contributed by atoms with Crippen molar-refractivity contribution in [3.63, 3.8) is 0 Å². The molecule has 1 fully saturated rings. The van der Waals surface area contributed by atoms with Crippen molar-refractivity contribution in [2.24, 2.45) is 11.8 Å². The van der Waals surface area contributed by atoms with Crippen LogP contribution in [0.25, 0.3) is 0 Å². The number of hydrogen-bond donors (Lipinski definition) is 2. The molecule has 2 amide bonds. The predicted octanol–water partition coefficient (Wildman–Crippen LogP) is 1.96. The molecular formula is C18H22N2O6. The number of rotatable bonds is 6. The molecule has 1 aromatic heterocycles. The minimum atomic E-state index is -0.815. The fourth-order valence-electron chi connectivity index (χ4n) is 2.90. The Morgan fingerprint density at radius 1 is 1.31 bits per heavy atom. The molecule has 0 radical (unpaired) electrons. The molecule has 2 N–H and O–H groups in total. The zero-order valence-electron chi connectivity index (χ0n) is 15.0. The molecule has 1 aliphatic heterocycles. The van der Waals surface area contributed by atoms with Gasteiger partial charge in [0.15, 0.2) is 0 Å². The van der Waals surface area contributed by atoms with Gasteiger partial charge < -0.3 is 24.5 Å². The fourth-order valence-corrected chi connectivity index (χ4v) is 2.90. The van der Waals surface area contributed by atoms with Gasteiger partial charge in [-0.05, 0) is 38.3 Å². The first-order chi connectivity index (χ1) is 12.4. The molecule has 0 saturated heterocycles. The second-order valence-electron chi connectivity index (χ2n) is 6.52. The average molecular weight is 362 g/mol. The minimum Gasteiger partial charge on any atom is -0.464 e. The van der Waals surface area contributed by atoms with Crippen LogP contribution < -0.4 is 10.6 Å². The van der Waals surface area contributed by atoms with Crippen molar-refractivity contribution in [1.82, 2.24) is 10.6 Å². The van der Waals surface area contributed by atoms with E-state index in [1.165, 1.54) is 0 Å². The first-order valence-corrected chi connectivity index (χ1v) is 8.61. The van der Waals surface area contributed by atoms with Crippen LogP contribution in [-0.2, 0) is 19.1 Å². The molecule has 2 heterocycles. The van der Waals surface area contributed by atoms with Gasteiger partial charge in [-0.2, -0.15) is 0 Å². The van der Waals surface area contributed by atoms with Crippen LogP contribution in [0.2, 0.25) is 0 Å². The van der Waals surface area contributed by atoms with Crippen LogP contribution in [0.4, 0.5) is 4.79 Å². The molecule has 3 atom stereocenters. The summed E-state index contributed by atoms with van der Waals surface area (Å²) in [7, 11) is 0. The molecule has 1 aliphatic carbocycles. The number of carbonyl (C=O) groups excluding carboxylic acids is 3. The van der Waals surface area contributed by atoms with Gasteiger partial charge in [0.1, 0.15) is 24.2 Å². The lowest BCUT2D eigenvalue weighted by molar-refractivity contribution is -0.145. The highest BCUT2D eigenvalue weighted by Crippen LogP contribution is 2.38. The normalized spacial score (nSPS) is 24.6. The highest BCUT2D eigenvalue weighted by molar-refractivity contribution is 5.95. The smallest absolute Gasteiger partial charge is 0.338 e. The zero-order chi connectivity index (χ0) is 18.8. The molecule has 0 spiro atoms. The maximum absolute atomic E-state index is 12.5. The molecule has 26 heavy (non-hydrogen) atoms. The summed E-state index contributed by atoms with van der Waals surface area (Å²) in [5, 5.41) is 5.20. The summed E-state index contributed by atoms with van der Waals surface area (Å²) in [5.74, 6) is 0.313. The molecule has 140 valence electrons. The summed E-state index contributed by atoms with van der Waals surface area (Å²) in [6.07, 6.45) is 0.796. The van der Waals surface area contributed by atoms with E-state index in [1.807, 2.05) is 6.92 Å². The Hall–Kier alpha value is -2.77. The number of amides is 2. The summed E-state index contributed by atoms with van der Waals surface area (Å²) in [4.78, 5) is 36.5. The third kappa shape index (κ3) is 3.74. The van der Waals surface area contributed by atoms with Crippen LogP contribution in [0, 0.1) is 18.8 Å². The van der Waals surface area contributed by atoms with Crippen molar-refractivity contribution in [2.75, 3.05) is 13.2 Å². The fraction of sp³-hybridized carbons (Fsp3) is 0.500. The third-order valence-corrected chi connectivity index (χ3v) is 4.47. The van der Waals surface area contributed by atoms with Crippen molar-refractivity contribution in [2.45, 2.75) is 33.2 Å². The molecule has 3 unspecified atom stereocenters. The van der Waals surface area contributed by atoms with Crippen LogP contribution in [-0.4, -0.2) is 31.2 Å². The van der Waals surface area contributed by atoms with Crippen molar-refractivity contribution < 1.29 is 28.3 Å². The number of hydrogen-bond acceptors (Lipinski definition) is 6. The average Bonchev–Trinajstić information content (AvgIpc) is 3.16. The molecular weight excluding hydrogens is 340 g/mol. The van der Waals surface area contributed by atoms with Crippen molar-refractivity contribution in [1.29, 1.82) is 0 Å². The number of furan rings is 1. The Morgan fingerprint density at radius 3 is 2.62 bits per heavy atom. The monoisotopic (exact) mass is 362 g/mol. The summed E-state index contributed by atoms with van der Waals surface area (Å²) in [6.45, 7) is 5.39. The van der Waals surface area contributed by atoms with E-state index in [-0.39, 0.29) is 36.4 Å². The highest BCUT2D eigenvalue weighted by Gasteiger charge is 2.41. The van der Waals surface area contributed by atoms with Crippen molar-refractivity contribution >= 4 is 18.0 Å². The number of ether oxygens (including phenoxy) is 2. The van der Waals surface area contributed by atoms with Gasteiger partial charge in [-0.3, -0.25) is 4.79 Å². The largest absolute Gasteiger partial charge is 0.464 e. The van der Waals surface area contributed by atoms with Gasteiger partial charge >= 0.3 is 18.0 Å². The molecule has 3 rings (SSSR count). The standard InChI is InChI=1S/C18H22N2O6/c1-4-24-17(22)14-12(8-25-16(21)11-7-9(11)2)19-18(23)20-15(14)13-6-5-10(3)26-13/h5-6,9,11,15H,4,7-8H2,1-3H3,(H2,19,20,23). The van der Waals surface area contributed by atoms with Crippen LogP contribution >= 0.6 is 0 Å². The lowest BCUT2D eigenvalue weighted by Crippen LogP contribution is -2.47. The van der Waals surface area contributed by atoms with E-state index < -0.39 is 18.0 Å². The maximum Gasteiger partial charge on any atom is 0.338 e. The number of esters is 2. The summed E-state index contributed by atoms with van der Waals surface area (Å²) in [5.41, 5.74) is 0.366. The summed E-state index contributed by atoms with van der Waals surface area (Å²) in [6, 6.07) is 2.09. The van der Waals surface area contributed by atoms with E-state index in [9.17, 15) is 14.4 Å². The lowest BCUT2D eigenvalue weighted by Gasteiger charge is -2.27. The van der Waals surface area contributed by atoms with E-state index in [0.29, 0.717) is 17.4 Å². The third-order valence-electron chi connectivity index (χ3n) is 4.47. The van der Waals surface area contributed by atoms with Crippen LogP contribution in [0.3, 0.4) is 0 Å². The molecule has 0 aromatic carbocycles. The Morgan fingerprint density at radius 2 is 2.04 bits per heavy atom. The van der Waals surface area contributed by atoms with Crippen LogP contribution in [0.1, 0.15) is 37.8 Å². The second kappa shape index (κ2) is 7.23.